The van der Waals surface area contributed by atoms with E-state index in [9.17, 15) is 4.79 Å². The molecule has 2 rings (SSSR count). The molecule has 0 bridgehead atoms. The summed E-state index contributed by atoms with van der Waals surface area (Å²) in [4.78, 5) is 12.1. The summed E-state index contributed by atoms with van der Waals surface area (Å²) in [6.07, 6.45) is 7.79. The summed E-state index contributed by atoms with van der Waals surface area (Å²) in [5, 5.41) is 6.94. The van der Waals surface area contributed by atoms with Gasteiger partial charge < -0.3 is 15.4 Å². The zero-order chi connectivity index (χ0) is 12.1. The third-order valence-electron chi connectivity index (χ3n) is 4.08. The molecule has 2 unspecified atom stereocenters. The molecule has 98 valence electrons. The van der Waals surface area contributed by atoms with Crippen molar-refractivity contribution in [3.05, 3.63) is 0 Å². The van der Waals surface area contributed by atoms with Crippen LogP contribution in [0.15, 0.2) is 0 Å². The van der Waals surface area contributed by atoms with E-state index in [1.54, 1.807) is 0 Å². The SMILES string of the molecule is COC(=O)C1(CC2CCCCN2)CCCCN1. The standard InChI is InChI=1S/C13H24N2O2/c1-17-12(16)13(7-3-5-9-15-13)10-11-6-2-4-8-14-11/h11,14-15H,2-10H2,1H3. The highest BCUT2D eigenvalue weighted by Gasteiger charge is 2.42. The van der Waals surface area contributed by atoms with Gasteiger partial charge in [0.2, 0.25) is 0 Å². The fourth-order valence-electron chi connectivity index (χ4n) is 3.11. The molecule has 2 aliphatic rings. The van der Waals surface area contributed by atoms with Gasteiger partial charge in [0.25, 0.3) is 0 Å². The maximum atomic E-state index is 12.1. The van der Waals surface area contributed by atoms with Gasteiger partial charge in [0.15, 0.2) is 0 Å². The molecule has 2 aliphatic heterocycles. The maximum Gasteiger partial charge on any atom is 0.326 e. The summed E-state index contributed by atoms with van der Waals surface area (Å²) in [5.74, 6) is -0.0791. The number of nitrogens with one attached hydrogen (secondary N) is 2. The third-order valence-corrected chi connectivity index (χ3v) is 4.08. The molecule has 0 aliphatic carbocycles. The van der Waals surface area contributed by atoms with Gasteiger partial charge in [-0.25, -0.2) is 0 Å². The van der Waals surface area contributed by atoms with Crippen LogP contribution in [0.5, 0.6) is 0 Å². The highest BCUT2D eigenvalue weighted by Crippen LogP contribution is 2.28. The third kappa shape index (κ3) is 2.99. The number of methoxy groups -OCH3 is 1. The topological polar surface area (TPSA) is 50.4 Å². The molecular formula is C13H24N2O2. The normalized spacial score (nSPS) is 34.3. The van der Waals surface area contributed by atoms with E-state index in [-0.39, 0.29) is 5.97 Å². The molecule has 0 aromatic heterocycles. The minimum absolute atomic E-state index is 0.0791. The van der Waals surface area contributed by atoms with E-state index < -0.39 is 5.54 Å². The Labute approximate surface area is 103 Å². The molecule has 2 saturated heterocycles. The van der Waals surface area contributed by atoms with Crippen molar-refractivity contribution < 1.29 is 9.53 Å². The van der Waals surface area contributed by atoms with Crippen LogP contribution in [-0.4, -0.2) is 37.7 Å². The van der Waals surface area contributed by atoms with Crippen LogP contribution in [0.3, 0.4) is 0 Å². The van der Waals surface area contributed by atoms with Crippen molar-refractivity contribution in [1.29, 1.82) is 0 Å². The molecule has 0 saturated carbocycles. The van der Waals surface area contributed by atoms with Gasteiger partial charge in [0, 0.05) is 6.04 Å². The molecule has 0 spiro atoms. The number of hydrogen-bond donors (Lipinski definition) is 2. The van der Waals surface area contributed by atoms with Gasteiger partial charge in [-0.15, -0.1) is 0 Å². The van der Waals surface area contributed by atoms with E-state index in [0.29, 0.717) is 6.04 Å². The van der Waals surface area contributed by atoms with Crippen LogP contribution < -0.4 is 10.6 Å². The first-order valence-corrected chi connectivity index (χ1v) is 6.84. The number of rotatable bonds is 3. The minimum atomic E-state index is -0.429. The first-order chi connectivity index (χ1) is 8.27. The molecule has 0 amide bonds. The van der Waals surface area contributed by atoms with Crippen molar-refractivity contribution >= 4 is 5.97 Å². The second kappa shape index (κ2) is 5.83. The molecule has 2 fully saturated rings. The van der Waals surface area contributed by atoms with Gasteiger partial charge in [-0.3, -0.25) is 4.79 Å². The number of esters is 1. The fourth-order valence-corrected chi connectivity index (χ4v) is 3.11. The molecule has 2 atom stereocenters. The summed E-state index contributed by atoms with van der Waals surface area (Å²) < 4.78 is 5.01. The first-order valence-electron chi connectivity index (χ1n) is 6.84. The Morgan fingerprint density at radius 3 is 2.71 bits per heavy atom. The van der Waals surface area contributed by atoms with Crippen LogP contribution >= 0.6 is 0 Å². The number of piperidine rings is 2. The number of carbonyl (C=O) groups excluding carboxylic acids is 1. The van der Waals surface area contributed by atoms with Crippen LogP contribution in [-0.2, 0) is 9.53 Å². The van der Waals surface area contributed by atoms with Gasteiger partial charge in [0.05, 0.1) is 7.11 Å². The molecule has 17 heavy (non-hydrogen) atoms. The Morgan fingerprint density at radius 2 is 2.12 bits per heavy atom. The smallest absolute Gasteiger partial charge is 0.326 e. The minimum Gasteiger partial charge on any atom is -0.468 e. The quantitative estimate of drug-likeness (QED) is 0.728. The van der Waals surface area contributed by atoms with Crippen molar-refractivity contribution in [2.75, 3.05) is 20.2 Å². The predicted molar refractivity (Wildman–Crippen MR) is 66.9 cm³/mol. The second-order valence-electron chi connectivity index (χ2n) is 5.31. The van der Waals surface area contributed by atoms with E-state index >= 15 is 0 Å². The molecule has 0 aromatic rings. The van der Waals surface area contributed by atoms with Crippen LogP contribution in [0.4, 0.5) is 0 Å². The zero-order valence-corrected chi connectivity index (χ0v) is 10.8. The summed E-state index contributed by atoms with van der Waals surface area (Å²) in [6.45, 7) is 2.02. The van der Waals surface area contributed by atoms with E-state index in [2.05, 4.69) is 10.6 Å². The van der Waals surface area contributed by atoms with Gasteiger partial charge in [-0.05, 0) is 51.6 Å². The van der Waals surface area contributed by atoms with Crippen LogP contribution in [0.25, 0.3) is 0 Å². The van der Waals surface area contributed by atoms with Crippen molar-refractivity contribution in [2.45, 2.75) is 56.5 Å². The monoisotopic (exact) mass is 240 g/mol. The van der Waals surface area contributed by atoms with E-state index in [1.807, 2.05) is 0 Å². The van der Waals surface area contributed by atoms with E-state index in [1.165, 1.54) is 26.4 Å². The second-order valence-corrected chi connectivity index (χ2v) is 5.31. The van der Waals surface area contributed by atoms with Crippen molar-refractivity contribution in [1.82, 2.24) is 10.6 Å². The Balaban J connectivity index is 2.01. The first kappa shape index (κ1) is 12.8. The average Bonchev–Trinajstić information content (AvgIpc) is 2.40. The van der Waals surface area contributed by atoms with Gasteiger partial charge in [-0.2, -0.15) is 0 Å². The lowest BCUT2D eigenvalue weighted by molar-refractivity contribution is -0.150. The Bertz CT molecular complexity index is 256. The summed E-state index contributed by atoms with van der Waals surface area (Å²) in [5.41, 5.74) is -0.429. The Kier molecular flexibility index (Phi) is 4.40. The molecule has 2 heterocycles. The van der Waals surface area contributed by atoms with Crippen molar-refractivity contribution in [3.8, 4) is 0 Å². The van der Waals surface area contributed by atoms with Crippen molar-refractivity contribution in [2.24, 2.45) is 0 Å². The lowest BCUT2D eigenvalue weighted by Gasteiger charge is -2.39. The molecule has 2 N–H and O–H groups in total. The lowest BCUT2D eigenvalue weighted by atomic mass is 9.81. The summed E-state index contributed by atoms with van der Waals surface area (Å²) >= 11 is 0. The maximum absolute atomic E-state index is 12.1. The molecule has 0 aromatic carbocycles. The van der Waals surface area contributed by atoms with Crippen LogP contribution in [0, 0.1) is 0 Å². The molecule has 0 radical (unpaired) electrons. The Morgan fingerprint density at radius 1 is 1.29 bits per heavy atom. The summed E-state index contributed by atoms with van der Waals surface area (Å²) in [7, 11) is 1.49. The van der Waals surface area contributed by atoms with E-state index in [0.717, 1.165) is 38.8 Å². The van der Waals surface area contributed by atoms with Crippen LogP contribution in [0.2, 0.25) is 0 Å². The number of carbonyl (C=O) groups is 1. The average molecular weight is 240 g/mol. The fraction of sp³-hybridized carbons (Fsp3) is 0.923. The number of ether oxygens (including phenoxy) is 1. The highest BCUT2D eigenvalue weighted by molar-refractivity contribution is 5.81. The van der Waals surface area contributed by atoms with Gasteiger partial charge in [-0.1, -0.05) is 6.42 Å². The van der Waals surface area contributed by atoms with E-state index in [4.69, 9.17) is 4.74 Å². The molecular weight excluding hydrogens is 216 g/mol. The summed E-state index contributed by atoms with van der Waals surface area (Å²) in [6, 6.07) is 0.466. The predicted octanol–water partition coefficient (Wildman–Crippen LogP) is 1.20. The Hall–Kier alpha value is -0.610. The lowest BCUT2D eigenvalue weighted by Crippen LogP contribution is -2.58. The molecule has 4 nitrogen and oxygen atoms in total. The zero-order valence-electron chi connectivity index (χ0n) is 10.8. The number of hydrogen-bond acceptors (Lipinski definition) is 4. The van der Waals surface area contributed by atoms with Crippen molar-refractivity contribution in [3.63, 3.8) is 0 Å². The van der Waals surface area contributed by atoms with Gasteiger partial charge >= 0.3 is 5.97 Å². The largest absolute Gasteiger partial charge is 0.468 e. The van der Waals surface area contributed by atoms with Gasteiger partial charge in [0.1, 0.15) is 5.54 Å². The van der Waals surface area contributed by atoms with Crippen LogP contribution in [0.1, 0.15) is 44.9 Å². The molecule has 4 heteroatoms. The highest BCUT2D eigenvalue weighted by atomic mass is 16.5.